The summed E-state index contributed by atoms with van der Waals surface area (Å²) in [5, 5.41) is 3.43. The second kappa shape index (κ2) is 13.8. The Bertz CT molecular complexity index is 1410. The zero-order valence-corrected chi connectivity index (χ0v) is 25.3. The van der Waals surface area contributed by atoms with Crippen LogP contribution in [0.4, 0.5) is 5.69 Å². The van der Waals surface area contributed by atoms with Crippen LogP contribution in [0.5, 0.6) is 0 Å². The van der Waals surface area contributed by atoms with Crippen LogP contribution in [0.1, 0.15) is 50.3 Å². The Morgan fingerprint density at radius 2 is 1.55 bits per heavy atom. The second-order valence-electron chi connectivity index (χ2n) is 10.1. The number of halogens is 1. The van der Waals surface area contributed by atoms with E-state index in [-0.39, 0.29) is 23.4 Å². The zero-order chi connectivity index (χ0) is 29.4. The van der Waals surface area contributed by atoms with E-state index < -0.39 is 28.5 Å². The van der Waals surface area contributed by atoms with Crippen LogP contribution in [0.25, 0.3) is 0 Å². The molecule has 0 aliphatic rings. The number of carbonyl (C=O) groups is 2. The summed E-state index contributed by atoms with van der Waals surface area (Å²) in [5.74, 6) is -0.754. The lowest BCUT2D eigenvalue weighted by Crippen LogP contribution is -2.53. The van der Waals surface area contributed by atoms with Crippen molar-refractivity contribution in [1.82, 2.24) is 10.2 Å². The Morgan fingerprint density at radius 1 is 0.900 bits per heavy atom. The van der Waals surface area contributed by atoms with Gasteiger partial charge in [0.05, 0.1) is 10.6 Å². The number of carbonyl (C=O) groups excluding carboxylic acids is 2. The molecule has 0 bridgehead atoms. The third-order valence-corrected chi connectivity index (χ3v) is 8.86. The van der Waals surface area contributed by atoms with Gasteiger partial charge in [-0.1, -0.05) is 73.0 Å². The number of sulfonamides is 1. The Morgan fingerprint density at radius 3 is 2.12 bits per heavy atom. The van der Waals surface area contributed by atoms with Crippen molar-refractivity contribution in [2.75, 3.05) is 10.8 Å². The highest BCUT2D eigenvalue weighted by Crippen LogP contribution is 2.26. The van der Waals surface area contributed by atoms with Crippen molar-refractivity contribution in [3.05, 3.63) is 94.5 Å². The van der Waals surface area contributed by atoms with Crippen molar-refractivity contribution in [1.29, 1.82) is 0 Å². The van der Waals surface area contributed by atoms with E-state index in [1.165, 1.54) is 17.0 Å². The monoisotopic (exact) mass is 583 g/mol. The summed E-state index contributed by atoms with van der Waals surface area (Å²) in [4.78, 5) is 29.0. The minimum absolute atomic E-state index is 0.0626. The number of anilines is 1. The normalized spacial score (nSPS) is 12.8. The number of hydrogen-bond donors (Lipinski definition) is 1. The molecule has 2 amide bonds. The lowest BCUT2D eigenvalue weighted by molar-refractivity contribution is -0.140. The van der Waals surface area contributed by atoms with E-state index in [1.807, 2.05) is 58.9 Å². The molecule has 3 aromatic rings. The first-order valence-electron chi connectivity index (χ1n) is 13.5. The number of amides is 2. The van der Waals surface area contributed by atoms with Crippen molar-refractivity contribution in [2.24, 2.45) is 0 Å². The minimum Gasteiger partial charge on any atom is -0.352 e. The fraction of sp³-hybridized carbons (Fsp3) is 0.355. The molecule has 0 aliphatic heterocycles. The Labute approximate surface area is 243 Å². The molecule has 0 heterocycles. The van der Waals surface area contributed by atoms with Crippen LogP contribution >= 0.6 is 11.6 Å². The van der Waals surface area contributed by atoms with E-state index >= 15 is 0 Å². The third-order valence-electron chi connectivity index (χ3n) is 6.82. The molecule has 9 heteroatoms. The van der Waals surface area contributed by atoms with Gasteiger partial charge in [-0.2, -0.15) is 0 Å². The van der Waals surface area contributed by atoms with E-state index in [2.05, 4.69) is 5.32 Å². The number of nitrogens with zero attached hydrogens (tertiary/aromatic N) is 2. The molecule has 214 valence electrons. The fourth-order valence-corrected chi connectivity index (χ4v) is 5.88. The fourth-order valence-electron chi connectivity index (χ4n) is 4.34. The molecule has 40 heavy (non-hydrogen) atoms. The average Bonchev–Trinajstić information content (AvgIpc) is 2.92. The third kappa shape index (κ3) is 7.86. The molecule has 7 nitrogen and oxygen atoms in total. The molecule has 0 radical (unpaired) electrons. The molecule has 0 saturated heterocycles. The van der Waals surface area contributed by atoms with Crippen LogP contribution in [-0.4, -0.2) is 43.8 Å². The summed E-state index contributed by atoms with van der Waals surface area (Å²) in [5.41, 5.74) is 3.08. The van der Waals surface area contributed by atoms with Gasteiger partial charge in [0.15, 0.2) is 0 Å². The minimum atomic E-state index is -4.13. The quantitative estimate of drug-likeness (QED) is 0.289. The highest BCUT2D eigenvalue weighted by Gasteiger charge is 2.34. The largest absolute Gasteiger partial charge is 0.352 e. The van der Waals surface area contributed by atoms with Crippen LogP contribution in [0.2, 0.25) is 5.02 Å². The van der Waals surface area contributed by atoms with Gasteiger partial charge in [-0.05, 0) is 75.6 Å². The molecule has 3 aromatic carbocycles. The molecule has 0 aromatic heterocycles. The van der Waals surface area contributed by atoms with Gasteiger partial charge in [-0.3, -0.25) is 13.9 Å². The van der Waals surface area contributed by atoms with Crippen molar-refractivity contribution in [2.45, 2.75) is 71.0 Å². The molecular formula is C31H38ClN3O4S. The van der Waals surface area contributed by atoms with Crippen molar-refractivity contribution in [3.63, 3.8) is 0 Å². The van der Waals surface area contributed by atoms with Crippen LogP contribution in [0.3, 0.4) is 0 Å². The summed E-state index contributed by atoms with van der Waals surface area (Å²) in [7, 11) is -4.13. The standard InChI is InChI=1S/C31H38ClN3O4S/c1-6-24(5)33-31(37)29(7-2)34(20-25-10-8-9-23(4)19-25)30(36)21-35(27-15-13-26(32)14-16-27)40(38,39)28-17-11-22(3)12-18-28/h8-19,24,29H,6-7,20-21H2,1-5H3,(H,33,37)/t24-,29-/m1/s1. The molecule has 3 rings (SSSR count). The lowest BCUT2D eigenvalue weighted by atomic mass is 10.1. The number of aryl methyl sites for hydroxylation is 2. The molecule has 0 aliphatic carbocycles. The summed E-state index contributed by atoms with van der Waals surface area (Å²) in [6.45, 7) is 9.23. The van der Waals surface area contributed by atoms with Gasteiger partial charge >= 0.3 is 0 Å². The first-order chi connectivity index (χ1) is 19.0. The van der Waals surface area contributed by atoms with Gasteiger partial charge in [0, 0.05) is 17.6 Å². The van der Waals surface area contributed by atoms with Gasteiger partial charge in [0.25, 0.3) is 10.0 Å². The molecule has 0 saturated carbocycles. The number of benzene rings is 3. The van der Waals surface area contributed by atoms with Gasteiger partial charge in [0.2, 0.25) is 11.8 Å². The number of nitrogens with one attached hydrogen (secondary N) is 1. The highest BCUT2D eigenvalue weighted by molar-refractivity contribution is 7.92. The molecule has 1 N–H and O–H groups in total. The predicted molar refractivity (Wildman–Crippen MR) is 161 cm³/mol. The Hall–Kier alpha value is -3.36. The molecule has 0 fully saturated rings. The van der Waals surface area contributed by atoms with E-state index in [0.717, 1.165) is 27.4 Å². The van der Waals surface area contributed by atoms with Crippen LogP contribution in [0.15, 0.2) is 77.7 Å². The zero-order valence-electron chi connectivity index (χ0n) is 23.7. The maximum Gasteiger partial charge on any atom is 0.264 e. The van der Waals surface area contributed by atoms with Crippen LogP contribution in [-0.2, 0) is 26.2 Å². The van der Waals surface area contributed by atoms with Gasteiger partial charge in [0.1, 0.15) is 12.6 Å². The van der Waals surface area contributed by atoms with E-state index in [4.69, 9.17) is 11.6 Å². The number of rotatable bonds is 12. The lowest BCUT2D eigenvalue weighted by Gasteiger charge is -2.33. The predicted octanol–water partition coefficient (Wildman–Crippen LogP) is 5.87. The first kappa shape index (κ1) is 31.2. The topological polar surface area (TPSA) is 86.8 Å². The van der Waals surface area contributed by atoms with Crippen LogP contribution in [0, 0.1) is 13.8 Å². The molecule has 0 spiro atoms. The molecule has 2 atom stereocenters. The second-order valence-corrected chi connectivity index (χ2v) is 12.4. The van der Waals surface area contributed by atoms with E-state index in [0.29, 0.717) is 17.1 Å². The maximum absolute atomic E-state index is 14.1. The summed E-state index contributed by atoms with van der Waals surface area (Å²) in [6, 6.07) is 19.6. The SMILES string of the molecule is CC[C@@H](C)NC(=O)[C@@H](CC)N(Cc1cccc(C)c1)C(=O)CN(c1ccc(Cl)cc1)S(=O)(=O)c1ccc(C)cc1. The van der Waals surface area contributed by atoms with Crippen molar-refractivity contribution < 1.29 is 18.0 Å². The first-order valence-corrected chi connectivity index (χ1v) is 15.3. The Kier molecular flexibility index (Phi) is 10.8. The highest BCUT2D eigenvalue weighted by atomic mass is 35.5. The van der Waals surface area contributed by atoms with Gasteiger partial charge in [-0.15, -0.1) is 0 Å². The molecular weight excluding hydrogens is 546 g/mol. The summed E-state index contributed by atoms with van der Waals surface area (Å²) in [6.07, 6.45) is 1.11. The Balaban J connectivity index is 2.05. The number of hydrogen-bond acceptors (Lipinski definition) is 4. The maximum atomic E-state index is 14.1. The van der Waals surface area contributed by atoms with Crippen molar-refractivity contribution >= 4 is 39.1 Å². The summed E-state index contributed by atoms with van der Waals surface area (Å²) >= 11 is 6.09. The van der Waals surface area contributed by atoms with E-state index in [9.17, 15) is 18.0 Å². The van der Waals surface area contributed by atoms with E-state index in [1.54, 1.807) is 36.4 Å². The van der Waals surface area contributed by atoms with Crippen LogP contribution < -0.4 is 9.62 Å². The average molecular weight is 584 g/mol. The van der Waals surface area contributed by atoms with Gasteiger partial charge < -0.3 is 10.2 Å². The van der Waals surface area contributed by atoms with Gasteiger partial charge in [-0.25, -0.2) is 8.42 Å². The summed E-state index contributed by atoms with van der Waals surface area (Å²) < 4.78 is 28.9. The molecule has 0 unspecified atom stereocenters. The van der Waals surface area contributed by atoms with Crippen molar-refractivity contribution in [3.8, 4) is 0 Å². The smallest absolute Gasteiger partial charge is 0.264 e.